The van der Waals surface area contributed by atoms with Gasteiger partial charge in [0.05, 0.1) is 11.7 Å². The average molecular weight is 523 g/mol. The summed E-state index contributed by atoms with van der Waals surface area (Å²) in [6.07, 6.45) is 10.4. The van der Waals surface area contributed by atoms with E-state index in [4.69, 9.17) is 4.74 Å². The molecule has 3 N–H and O–H groups in total. The van der Waals surface area contributed by atoms with Crippen LogP contribution in [0.4, 0.5) is 11.5 Å². The molecule has 0 radical (unpaired) electrons. The van der Waals surface area contributed by atoms with E-state index < -0.39 is 5.97 Å². The smallest absolute Gasteiger partial charge is 0.308 e. The highest BCUT2D eigenvalue weighted by Crippen LogP contribution is 2.30. The second-order valence-electron chi connectivity index (χ2n) is 10.4. The first-order valence-electron chi connectivity index (χ1n) is 12.8. The minimum Gasteiger partial charge on any atom is -0.427 e. The molecular weight excluding hydrogens is 488 g/mol. The highest BCUT2D eigenvalue weighted by atomic mass is 16.5. The Hall–Kier alpha value is -4.65. The standard InChI is InChI=1S/C32H34N4O3/c1-20-27(11-8-12-28(20)34-21(2)23-13-15-24(16-14-23)32(4,5)6)29-19-33-31(38)30(36-29)35-25-9-7-10-26(18-17-25)39-22(3)37/h7-19,25,34H,2H2,1,3-6H3,(H,33,38)(H,35,36). The Morgan fingerprint density at radius 3 is 2.54 bits per heavy atom. The second-order valence-corrected chi connectivity index (χ2v) is 10.4. The van der Waals surface area contributed by atoms with Gasteiger partial charge in [-0.3, -0.25) is 9.59 Å². The van der Waals surface area contributed by atoms with E-state index in [1.54, 1.807) is 30.5 Å². The van der Waals surface area contributed by atoms with Crippen LogP contribution in [0.15, 0.2) is 96.2 Å². The Balaban J connectivity index is 1.54. The minimum absolute atomic E-state index is 0.0854. The van der Waals surface area contributed by atoms with Crippen molar-refractivity contribution in [2.45, 2.75) is 46.1 Å². The number of esters is 1. The van der Waals surface area contributed by atoms with E-state index in [2.05, 4.69) is 72.2 Å². The van der Waals surface area contributed by atoms with Crippen molar-refractivity contribution in [2.75, 3.05) is 10.6 Å². The normalized spacial score (nSPS) is 14.8. The molecule has 0 saturated carbocycles. The summed E-state index contributed by atoms with van der Waals surface area (Å²) in [4.78, 5) is 31.2. The number of carbonyl (C=O) groups is 1. The number of aromatic amines is 1. The molecule has 4 rings (SSSR count). The van der Waals surface area contributed by atoms with Gasteiger partial charge < -0.3 is 20.4 Å². The van der Waals surface area contributed by atoms with Crippen LogP contribution in [0.3, 0.4) is 0 Å². The van der Waals surface area contributed by atoms with Gasteiger partial charge in [-0.1, -0.05) is 82.0 Å². The van der Waals surface area contributed by atoms with E-state index in [1.165, 1.54) is 12.5 Å². The van der Waals surface area contributed by atoms with Gasteiger partial charge in [0.2, 0.25) is 0 Å². The fraction of sp³-hybridized carbons (Fsp3) is 0.219. The number of rotatable bonds is 7. The highest BCUT2D eigenvalue weighted by Gasteiger charge is 2.15. The lowest BCUT2D eigenvalue weighted by Gasteiger charge is -2.20. The quantitative estimate of drug-likeness (QED) is 0.308. The third kappa shape index (κ3) is 6.82. The molecule has 0 fully saturated rings. The molecule has 1 unspecified atom stereocenters. The SMILES string of the molecule is C=C(Nc1cccc(-c2c[nH]c(=O)c(NC3C=CC=C(OC(C)=O)C=C3)n2)c1C)c1ccc(C(C)(C)C)cc1. The largest absolute Gasteiger partial charge is 0.427 e. The van der Waals surface area contributed by atoms with Gasteiger partial charge in [0.25, 0.3) is 5.56 Å². The number of hydrogen-bond donors (Lipinski definition) is 3. The number of anilines is 2. The molecule has 39 heavy (non-hydrogen) atoms. The molecular formula is C32H34N4O3. The van der Waals surface area contributed by atoms with Gasteiger partial charge in [0.15, 0.2) is 5.82 Å². The summed E-state index contributed by atoms with van der Waals surface area (Å²) in [6, 6.07) is 14.0. The fourth-order valence-electron chi connectivity index (χ4n) is 4.17. The molecule has 1 aliphatic rings. The van der Waals surface area contributed by atoms with Gasteiger partial charge in [0.1, 0.15) is 5.76 Å². The topological polar surface area (TPSA) is 96.1 Å². The van der Waals surface area contributed by atoms with Crippen LogP contribution in [0, 0.1) is 6.92 Å². The second kappa shape index (κ2) is 11.4. The highest BCUT2D eigenvalue weighted by molar-refractivity contribution is 5.80. The molecule has 7 heteroatoms. The number of benzene rings is 2. The molecule has 1 heterocycles. The molecule has 0 aliphatic heterocycles. The van der Waals surface area contributed by atoms with E-state index >= 15 is 0 Å². The number of ether oxygens (including phenoxy) is 1. The van der Waals surface area contributed by atoms with Crippen molar-refractivity contribution in [1.82, 2.24) is 9.97 Å². The summed E-state index contributed by atoms with van der Waals surface area (Å²) in [5.41, 5.74) is 6.19. The monoisotopic (exact) mass is 522 g/mol. The zero-order valence-corrected chi connectivity index (χ0v) is 23.0. The van der Waals surface area contributed by atoms with Gasteiger partial charge >= 0.3 is 5.97 Å². The maximum atomic E-state index is 12.6. The van der Waals surface area contributed by atoms with Crippen molar-refractivity contribution in [3.8, 4) is 11.3 Å². The predicted octanol–water partition coefficient (Wildman–Crippen LogP) is 6.48. The predicted molar refractivity (Wildman–Crippen MR) is 158 cm³/mol. The van der Waals surface area contributed by atoms with Crippen LogP contribution in [0.5, 0.6) is 0 Å². The average Bonchev–Trinajstić information content (AvgIpc) is 3.10. The lowest BCUT2D eigenvalue weighted by atomic mass is 9.86. The molecule has 200 valence electrons. The van der Waals surface area contributed by atoms with Crippen LogP contribution in [0.2, 0.25) is 0 Å². The molecule has 3 aromatic rings. The Labute approximate surface area is 229 Å². The number of H-pyrrole nitrogens is 1. The first-order chi connectivity index (χ1) is 18.5. The van der Waals surface area contributed by atoms with Crippen molar-refractivity contribution in [3.63, 3.8) is 0 Å². The minimum atomic E-state index is -0.398. The number of nitrogens with one attached hydrogen (secondary N) is 3. The van der Waals surface area contributed by atoms with Crippen LogP contribution in [-0.4, -0.2) is 22.0 Å². The summed E-state index contributed by atoms with van der Waals surface area (Å²) in [6.45, 7) is 14.2. The first-order valence-corrected chi connectivity index (χ1v) is 12.8. The summed E-state index contributed by atoms with van der Waals surface area (Å²) in [5, 5.41) is 6.59. The van der Waals surface area contributed by atoms with Gasteiger partial charge in [-0.2, -0.15) is 0 Å². The third-order valence-corrected chi connectivity index (χ3v) is 6.39. The number of nitrogens with zero attached hydrogens (tertiary/aromatic N) is 1. The summed E-state index contributed by atoms with van der Waals surface area (Å²) >= 11 is 0. The first kappa shape index (κ1) is 27.4. The number of carbonyl (C=O) groups excluding carboxylic acids is 1. The molecule has 1 atom stereocenters. The number of aromatic nitrogens is 2. The van der Waals surface area contributed by atoms with Gasteiger partial charge in [0, 0.05) is 30.1 Å². The van der Waals surface area contributed by atoms with Crippen molar-refractivity contribution in [2.24, 2.45) is 0 Å². The Morgan fingerprint density at radius 2 is 1.85 bits per heavy atom. The van der Waals surface area contributed by atoms with E-state index in [9.17, 15) is 9.59 Å². The molecule has 0 spiro atoms. The lowest BCUT2D eigenvalue weighted by molar-refractivity contribution is -0.136. The van der Waals surface area contributed by atoms with Gasteiger partial charge in [-0.15, -0.1) is 0 Å². The van der Waals surface area contributed by atoms with E-state index in [-0.39, 0.29) is 22.8 Å². The molecule has 2 aromatic carbocycles. The summed E-state index contributed by atoms with van der Waals surface area (Å²) < 4.78 is 5.13. The molecule has 7 nitrogen and oxygen atoms in total. The van der Waals surface area contributed by atoms with Crippen LogP contribution >= 0.6 is 0 Å². The van der Waals surface area contributed by atoms with Gasteiger partial charge in [-0.25, -0.2) is 4.98 Å². The third-order valence-electron chi connectivity index (χ3n) is 6.39. The fourth-order valence-corrected chi connectivity index (χ4v) is 4.17. The lowest BCUT2D eigenvalue weighted by Crippen LogP contribution is -2.22. The van der Waals surface area contributed by atoms with Crippen molar-refractivity contribution >= 4 is 23.2 Å². The zero-order chi connectivity index (χ0) is 28.2. The molecule has 0 amide bonds. The molecule has 1 aliphatic carbocycles. The van der Waals surface area contributed by atoms with E-state index in [0.717, 1.165) is 28.1 Å². The summed E-state index contributed by atoms with van der Waals surface area (Å²) in [7, 11) is 0. The van der Waals surface area contributed by atoms with Crippen LogP contribution in [0.1, 0.15) is 44.4 Å². The van der Waals surface area contributed by atoms with Crippen LogP contribution in [-0.2, 0) is 14.9 Å². The Morgan fingerprint density at radius 1 is 1.10 bits per heavy atom. The maximum absolute atomic E-state index is 12.6. The van der Waals surface area contributed by atoms with Crippen LogP contribution < -0.4 is 16.2 Å². The van der Waals surface area contributed by atoms with Crippen LogP contribution in [0.25, 0.3) is 17.0 Å². The van der Waals surface area contributed by atoms with E-state index in [0.29, 0.717) is 11.5 Å². The summed E-state index contributed by atoms with van der Waals surface area (Å²) in [5.74, 6) is 0.208. The number of hydrogen-bond acceptors (Lipinski definition) is 6. The Kier molecular flexibility index (Phi) is 8.00. The van der Waals surface area contributed by atoms with E-state index in [1.807, 2.05) is 31.2 Å². The number of allylic oxidation sites excluding steroid dienone is 3. The zero-order valence-electron chi connectivity index (χ0n) is 23.0. The molecule has 1 aromatic heterocycles. The van der Waals surface area contributed by atoms with Crippen molar-refractivity contribution in [3.05, 3.63) is 118 Å². The Bertz CT molecular complexity index is 1540. The van der Waals surface area contributed by atoms with Crippen molar-refractivity contribution in [1.29, 1.82) is 0 Å². The van der Waals surface area contributed by atoms with Gasteiger partial charge in [-0.05, 0) is 47.2 Å². The molecule has 0 saturated heterocycles. The maximum Gasteiger partial charge on any atom is 0.308 e. The molecule has 0 bridgehead atoms. The van der Waals surface area contributed by atoms with Crippen molar-refractivity contribution < 1.29 is 9.53 Å².